The molecule has 0 bridgehead atoms. The van der Waals surface area contributed by atoms with Crippen molar-refractivity contribution in [2.45, 2.75) is 20.0 Å². The molecule has 1 aliphatic heterocycles. The number of nitrogens with zero attached hydrogens (tertiary/aromatic N) is 1. The molecule has 0 radical (unpaired) electrons. The fourth-order valence-corrected chi connectivity index (χ4v) is 2.94. The lowest BCUT2D eigenvalue weighted by Crippen LogP contribution is -2.36. The van der Waals surface area contributed by atoms with Gasteiger partial charge in [-0.05, 0) is 38.1 Å². The first-order valence-electron chi connectivity index (χ1n) is 8.18. The average molecular weight is 368 g/mol. The third-order valence-electron chi connectivity index (χ3n) is 4.21. The molecule has 1 fully saturated rings. The van der Waals surface area contributed by atoms with E-state index in [1.165, 1.54) is 6.07 Å². The normalized spacial score (nSPS) is 15.2. The Kier molecular flexibility index (Phi) is 4.95. The SMILES string of the molecule is Cc1cc(C(=O)Nc2cc(C(F)(F)F)ccc2N2CCOCC2)c(C)o1. The van der Waals surface area contributed by atoms with E-state index in [2.05, 4.69) is 5.32 Å². The molecule has 2 aromatic rings. The number of ether oxygens (including phenoxy) is 1. The maximum Gasteiger partial charge on any atom is 0.416 e. The van der Waals surface area contributed by atoms with Crippen molar-refractivity contribution in [1.82, 2.24) is 0 Å². The lowest BCUT2D eigenvalue weighted by Gasteiger charge is -2.31. The van der Waals surface area contributed by atoms with Gasteiger partial charge in [0.2, 0.25) is 0 Å². The summed E-state index contributed by atoms with van der Waals surface area (Å²) in [5.74, 6) is 0.471. The number of rotatable bonds is 3. The van der Waals surface area contributed by atoms with E-state index in [1.54, 1.807) is 19.9 Å². The Balaban J connectivity index is 1.96. The van der Waals surface area contributed by atoms with Crippen LogP contribution in [0.15, 0.2) is 28.7 Å². The van der Waals surface area contributed by atoms with Crippen LogP contribution in [0.4, 0.5) is 24.5 Å². The Hall–Kier alpha value is -2.48. The molecule has 26 heavy (non-hydrogen) atoms. The lowest BCUT2D eigenvalue weighted by atomic mass is 10.1. The number of carbonyl (C=O) groups is 1. The predicted octanol–water partition coefficient (Wildman–Crippen LogP) is 4.00. The molecule has 140 valence electrons. The van der Waals surface area contributed by atoms with Crippen LogP contribution < -0.4 is 10.2 Å². The number of benzene rings is 1. The molecule has 0 aliphatic carbocycles. The Bertz CT molecular complexity index is 808. The van der Waals surface area contributed by atoms with Crippen LogP contribution in [0.5, 0.6) is 0 Å². The number of nitrogens with one attached hydrogen (secondary N) is 1. The van der Waals surface area contributed by atoms with Crippen LogP contribution in [0.3, 0.4) is 0 Å². The van der Waals surface area contributed by atoms with Gasteiger partial charge in [0.05, 0.1) is 35.7 Å². The average Bonchev–Trinajstić information content (AvgIpc) is 2.93. The number of furan rings is 1. The van der Waals surface area contributed by atoms with Gasteiger partial charge in [-0.25, -0.2) is 0 Å². The molecule has 2 heterocycles. The van der Waals surface area contributed by atoms with Crippen LogP contribution >= 0.6 is 0 Å². The summed E-state index contributed by atoms with van der Waals surface area (Å²) in [6.07, 6.45) is -4.49. The number of alkyl halides is 3. The lowest BCUT2D eigenvalue weighted by molar-refractivity contribution is -0.137. The molecule has 8 heteroatoms. The van der Waals surface area contributed by atoms with Crippen molar-refractivity contribution >= 4 is 17.3 Å². The second kappa shape index (κ2) is 7.03. The highest BCUT2D eigenvalue weighted by Crippen LogP contribution is 2.36. The molecule has 0 unspecified atom stereocenters. The summed E-state index contributed by atoms with van der Waals surface area (Å²) in [5, 5.41) is 2.61. The number of hydrogen-bond acceptors (Lipinski definition) is 4. The summed E-state index contributed by atoms with van der Waals surface area (Å²) in [6, 6.07) is 4.93. The zero-order valence-electron chi connectivity index (χ0n) is 14.4. The molecular weight excluding hydrogens is 349 g/mol. The highest BCUT2D eigenvalue weighted by Gasteiger charge is 2.32. The molecule has 1 amide bonds. The van der Waals surface area contributed by atoms with Crippen molar-refractivity contribution in [3.63, 3.8) is 0 Å². The highest BCUT2D eigenvalue weighted by molar-refractivity contribution is 6.06. The summed E-state index contributed by atoms with van der Waals surface area (Å²) >= 11 is 0. The van der Waals surface area contributed by atoms with Crippen molar-refractivity contribution < 1.29 is 27.1 Å². The number of amides is 1. The minimum absolute atomic E-state index is 0.116. The number of morpholine rings is 1. The molecule has 1 aliphatic rings. The first-order chi connectivity index (χ1) is 12.3. The first-order valence-corrected chi connectivity index (χ1v) is 8.18. The Morgan fingerprint density at radius 3 is 2.42 bits per heavy atom. The summed E-state index contributed by atoms with van der Waals surface area (Å²) in [6.45, 7) is 5.38. The fraction of sp³-hybridized carbons (Fsp3) is 0.389. The number of carbonyl (C=O) groups excluding carboxylic acids is 1. The molecule has 3 rings (SSSR count). The van der Waals surface area contributed by atoms with E-state index in [1.807, 2.05) is 4.90 Å². The fourth-order valence-electron chi connectivity index (χ4n) is 2.94. The monoisotopic (exact) mass is 368 g/mol. The molecular formula is C18H19F3N2O3. The molecule has 1 aromatic heterocycles. The molecule has 0 spiro atoms. The zero-order chi connectivity index (χ0) is 18.9. The molecule has 0 saturated carbocycles. The van der Waals surface area contributed by atoms with Gasteiger partial charge in [0.1, 0.15) is 11.5 Å². The van der Waals surface area contributed by atoms with E-state index in [-0.39, 0.29) is 5.69 Å². The number of hydrogen-bond donors (Lipinski definition) is 1. The van der Waals surface area contributed by atoms with E-state index in [9.17, 15) is 18.0 Å². The molecule has 1 saturated heterocycles. The van der Waals surface area contributed by atoms with E-state index < -0.39 is 17.6 Å². The van der Waals surface area contributed by atoms with E-state index >= 15 is 0 Å². The molecule has 1 N–H and O–H groups in total. The van der Waals surface area contributed by atoms with E-state index in [0.29, 0.717) is 49.1 Å². The van der Waals surface area contributed by atoms with Crippen molar-refractivity contribution in [1.29, 1.82) is 0 Å². The summed E-state index contributed by atoms with van der Waals surface area (Å²) in [5.41, 5.74) is 0.134. The van der Waals surface area contributed by atoms with Gasteiger partial charge in [-0.1, -0.05) is 0 Å². The Morgan fingerprint density at radius 1 is 1.15 bits per heavy atom. The first kappa shape index (κ1) is 18.3. The van der Waals surface area contributed by atoms with Crippen LogP contribution in [-0.2, 0) is 10.9 Å². The standard InChI is InChI=1S/C18H19F3N2O3/c1-11-9-14(12(2)26-11)17(24)22-15-10-13(18(19,20)21)3-4-16(15)23-5-7-25-8-6-23/h3-4,9-10H,5-8H2,1-2H3,(H,22,24). The van der Waals surface area contributed by atoms with Crippen molar-refractivity contribution in [2.24, 2.45) is 0 Å². The van der Waals surface area contributed by atoms with Crippen LogP contribution in [-0.4, -0.2) is 32.2 Å². The summed E-state index contributed by atoms with van der Waals surface area (Å²) in [4.78, 5) is 14.4. The number of anilines is 2. The number of aryl methyl sites for hydroxylation is 2. The quantitative estimate of drug-likeness (QED) is 0.890. The molecule has 0 atom stereocenters. The smallest absolute Gasteiger partial charge is 0.416 e. The van der Waals surface area contributed by atoms with E-state index in [4.69, 9.17) is 9.15 Å². The minimum atomic E-state index is -4.49. The Labute approximate surface area is 148 Å². The number of halogens is 3. The highest BCUT2D eigenvalue weighted by atomic mass is 19.4. The summed E-state index contributed by atoms with van der Waals surface area (Å²) < 4.78 is 49.9. The third kappa shape index (κ3) is 3.85. The van der Waals surface area contributed by atoms with Crippen molar-refractivity contribution in [3.05, 3.63) is 46.9 Å². The van der Waals surface area contributed by atoms with Crippen LogP contribution in [0, 0.1) is 13.8 Å². The topological polar surface area (TPSA) is 54.7 Å². The van der Waals surface area contributed by atoms with Gasteiger partial charge in [0.25, 0.3) is 5.91 Å². The van der Waals surface area contributed by atoms with Crippen LogP contribution in [0.25, 0.3) is 0 Å². The third-order valence-corrected chi connectivity index (χ3v) is 4.21. The van der Waals surface area contributed by atoms with Crippen LogP contribution in [0.2, 0.25) is 0 Å². The van der Waals surface area contributed by atoms with Crippen LogP contribution in [0.1, 0.15) is 27.4 Å². The van der Waals surface area contributed by atoms with Gasteiger partial charge >= 0.3 is 6.18 Å². The van der Waals surface area contributed by atoms with E-state index in [0.717, 1.165) is 12.1 Å². The zero-order valence-corrected chi connectivity index (χ0v) is 14.4. The van der Waals surface area contributed by atoms with Gasteiger partial charge in [0.15, 0.2) is 0 Å². The largest absolute Gasteiger partial charge is 0.466 e. The molecule has 1 aromatic carbocycles. The van der Waals surface area contributed by atoms with Gasteiger partial charge in [0, 0.05) is 13.1 Å². The Morgan fingerprint density at radius 2 is 1.85 bits per heavy atom. The maximum atomic E-state index is 13.1. The predicted molar refractivity (Wildman–Crippen MR) is 90.6 cm³/mol. The second-order valence-corrected chi connectivity index (χ2v) is 6.11. The van der Waals surface area contributed by atoms with Gasteiger partial charge in [-0.3, -0.25) is 4.79 Å². The maximum absolute atomic E-state index is 13.1. The van der Waals surface area contributed by atoms with Gasteiger partial charge in [-0.2, -0.15) is 13.2 Å². The second-order valence-electron chi connectivity index (χ2n) is 6.11. The van der Waals surface area contributed by atoms with Crippen molar-refractivity contribution in [3.8, 4) is 0 Å². The van der Waals surface area contributed by atoms with Crippen molar-refractivity contribution in [2.75, 3.05) is 36.5 Å². The van der Waals surface area contributed by atoms with Gasteiger partial charge in [-0.15, -0.1) is 0 Å². The molecule has 5 nitrogen and oxygen atoms in total. The minimum Gasteiger partial charge on any atom is -0.466 e. The summed E-state index contributed by atoms with van der Waals surface area (Å²) in [7, 11) is 0. The van der Waals surface area contributed by atoms with Gasteiger partial charge < -0.3 is 19.4 Å².